The van der Waals surface area contributed by atoms with Crippen LogP contribution in [-0.2, 0) is 0 Å². The number of anilines is 2. The number of hydrogen-bond donors (Lipinski definition) is 2. The third-order valence-corrected chi connectivity index (χ3v) is 6.32. The zero-order valence-corrected chi connectivity index (χ0v) is 19.0. The van der Waals surface area contributed by atoms with Crippen molar-refractivity contribution in [2.45, 2.75) is 25.5 Å². The highest BCUT2D eigenvalue weighted by Crippen LogP contribution is 2.38. The maximum Gasteiger partial charge on any atom is 0.354 e. The quantitative estimate of drug-likeness (QED) is 0.381. The molecule has 4 aromatic rings. The van der Waals surface area contributed by atoms with Crippen LogP contribution in [0.1, 0.15) is 35.4 Å². The van der Waals surface area contributed by atoms with Gasteiger partial charge in [0.05, 0.1) is 24.1 Å². The van der Waals surface area contributed by atoms with E-state index >= 15 is 0 Å². The SMILES string of the molecule is C[C@@H](NCC[C@H]1CN(c2ccc(C(=O)O)nc2)c2ccccc2O1)c1cccc2ccccc12. The van der Waals surface area contributed by atoms with Crippen molar-refractivity contribution in [2.75, 3.05) is 18.0 Å². The summed E-state index contributed by atoms with van der Waals surface area (Å²) in [4.78, 5) is 17.4. The van der Waals surface area contributed by atoms with E-state index in [1.807, 2.05) is 24.3 Å². The largest absolute Gasteiger partial charge is 0.486 e. The number of fused-ring (bicyclic) bond motifs is 2. The first-order valence-corrected chi connectivity index (χ1v) is 11.5. The van der Waals surface area contributed by atoms with Gasteiger partial charge in [-0.1, -0.05) is 54.6 Å². The van der Waals surface area contributed by atoms with E-state index in [9.17, 15) is 4.79 Å². The van der Waals surface area contributed by atoms with E-state index in [1.54, 1.807) is 12.3 Å². The lowest BCUT2D eigenvalue weighted by Gasteiger charge is -2.36. The Balaban J connectivity index is 1.28. The molecule has 1 aromatic heterocycles. The summed E-state index contributed by atoms with van der Waals surface area (Å²) in [6, 6.07) is 26.4. The lowest BCUT2D eigenvalue weighted by Crippen LogP contribution is -2.39. The maximum absolute atomic E-state index is 11.2. The van der Waals surface area contributed by atoms with E-state index < -0.39 is 5.97 Å². The summed E-state index contributed by atoms with van der Waals surface area (Å²) in [5.74, 6) is -0.207. The molecule has 1 aliphatic heterocycles. The van der Waals surface area contributed by atoms with Crippen LogP contribution in [0.25, 0.3) is 10.8 Å². The smallest absolute Gasteiger partial charge is 0.354 e. The number of carbonyl (C=O) groups is 1. The summed E-state index contributed by atoms with van der Waals surface area (Å²) in [5, 5.41) is 15.3. The highest BCUT2D eigenvalue weighted by Gasteiger charge is 2.27. The number of benzene rings is 3. The van der Waals surface area contributed by atoms with Crippen molar-refractivity contribution in [1.29, 1.82) is 0 Å². The van der Waals surface area contributed by atoms with Gasteiger partial charge in [0.15, 0.2) is 0 Å². The van der Waals surface area contributed by atoms with Crippen LogP contribution in [-0.4, -0.2) is 35.3 Å². The fourth-order valence-corrected chi connectivity index (χ4v) is 4.56. The van der Waals surface area contributed by atoms with Crippen LogP contribution < -0.4 is 15.0 Å². The summed E-state index contributed by atoms with van der Waals surface area (Å²) in [7, 11) is 0. The van der Waals surface area contributed by atoms with Crippen molar-refractivity contribution in [3.8, 4) is 5.75 Å². The van der Waals surface area contributed by atoms with E-state index in [-0.39, 0.29) is 17.8 Å². The average molecular weight is 454 g/mol. The molecule has 0 fully saturated rings. The monoisotopic (exact) mass is 453 g/mol. The van der Waals surface area contributed by atoms with Crippen LogP contribution in [0, 0.1) is 0 Å². The number of aromatic nitrogens is 1. The number of para-hydroxylation sites is 2. The van der Waals surface area contributed by atoms with Crippen LogP contribution in [0.2, 0.25) is 0 Å². The lowest BCUT2D eigenvalue weighted by molar-refractivity contribution is 0.0690. The van der Waals surface area contributed by atoms with Gasteiger partial charge >= 0.3 is 5.97 Å². The molecule has 34 heavy (non-hydrogen) atoms. The molecule has 172 valence electrons. The number of nitrogens with zero attached hydrogens (tertiary/aromatic N) is 2. The van der Waals surface area contributed by atoms with Gasteiger partial charge < -0.3 is 20.1 Å². The molecule has 1 aliphatic rings. The number of ether oxygens (including phenoxy) is 1. The summed E-state index contributed by atoms with van der Waals surface area (Å²) < 4.78 is 6.31. The van der Waals surface area contributed by atoms with Gasteiger partial charge in [-0.15, -0.1) is 0 Å². The van der Waals surface area contributed by atoms with E-state index in [1.165, 1.54) is 22.4 Å². The number of carboxylic acid groups (broad SMARTS) is 1. The first-order chi connectivity index (χ1) is 16.6. The zero-order valence-electron chi connectivity index (χ0n) is 19.0. The number of rotatable bonds is 7. The minimum Gasteiger partial charge on any atom is -0.486 e. The Bertz CT molecular complexity index is 1300. The molecule has 0 saturated heterocycles. The molecule has 5 rings (SSSR count). The van der Waals surface area contributed by atoms with Crippen molar-refractivity contribution >= 4 is 28.1 Å². The van der Waals surface area contributed by atoms with Crippen LogP contribution in [0.15, 0.2) is 85.1 Å². The standard InChI is InChI=1S/C28H27N3O3/c1-19(23-10-6-8-20-7-2-3-9-24(20)23)29-16-15-22-18-31(26-11-4-5-12-27(26)34-22)21-13-14-25(28(32)33)30-17-21/h2-14,17,19,22,29H,15-16,18H2,1H3,(H,32,33)/t19-,22+/m1/s1. The Morgan fingerprint density at radius 1 is 1.09 bits per heavy atom. The first-order valence-electron chi connectivity index (χ1n) is 11.5. The molecule has 3 aromatic carbocycles. The van der Waals surface area contributed by atoms with Crippen molar-refractivity contribution < 1.29 is 14.6 Å². The Morgan fingerprint density at radius 2 is 1.88 bits per heavy atom. The van der Waals surface area contributed by atoms with Gasteiger partial charge in [-0.25, -0.2) is 9.78 Å². The second-order valence-electron chi connectivity index (χ2n) is 8.56. The Morgan fingerprint density at radius 3 is 2.71 bits per heavy atom. The third kappa shape index (κ3) is 4.45. The van der Waals surface area contributed by atoms with Crippen molar-refractivity contribution in [3.63, 3.8) is 0 Å². The molecule has 2 N–H and O–H groups in total. The fraction of sp³-hybridized carbons (Fsp3) is 0.214. The summed E-state index contributed by atoms with van der Waals surface area (Å²) in [5.41, 5.74) is 3.14. The summed E-state index contributed by atoms with van der Waals surface area (Å²) >= 11 is 0. The van der Waals surface area contributed by atoms with Crippen molar-refractivity contribution in [3.05, 3.63) is 96.3 Å². The highest BCUT2D eigenvalue weighted by atomic mass is 16.5. The van der Waals surface area contributed by atoms with Crippen LogP contribution in [0.3, 0.4) is 0 Å². The third-order valence-electron chi connectivity index (χ3n) is 6.32. The summed E-state index contributed by atoms with van der Waals surface area (Å²) in [6.07, 6.45) is 2.44. The molecule has 0 unspecified atom stereocenters. The summed E-state index contributed by atoms with van der Waals surface area (Å²) in [6.45, 7) is 3.66. The number of hydrogen-bond acceptors (Lipinski definition) is 5. The van der Waals surface area contributed by atoms with Gasteiger partial charge in [-0.3, -0.25) is 0 Å². The molecule has 6 heteroatoms. The second kappa shape index (κ2) is 9.53. The number of pyridine rings is 1. The van der Waals surface area contributed by atoms with E-state index in [0.717, 1.165) is 30.1 Å². The highest BCUT2D eigenvalue weighted by molar-refractivity contribution is 5.86. The number of nitrogens with one attached hydrogen (secondary N) is 1. The van der Waals surface area contributed by atoms with E-state index in [4.69, 9.17) is 9.84 Å². The molecule has 2 heterocycles. The van der Waals surface area contributed by atoms with Gasteiger partial charge in [0.25, 0.3) is 0 Å². The molecule has 0 amide bonds. The van der Waals surface area contributed by atoms with Crippen molar-refractivity contribution in [1.82, 2.24) is 10.3 Å². The molecule has 0 aliphatic carbocycles. The first kappa shape index (κ1) is 21.9. The lowest BCUT2D eigenvalue weighted by atomic mass is 9.99. The minimum atomic E-state index is -1.03. The van der Waals surface area contributed by atoms with Crippen LogP contribution >= 0.6 is 0 Å². The maximum atomic E-state index is 11.2. The molecule has 2 atom stereocenters. The molecule has 0 radical (unpaired) electrons. The Hall–Kier alpha value is -3.90. The van der Waals surface area contributed by atoms with Crippen molar-refractivity contribution in [2.24, 2.45) is 0 Å². The molecule has 0 bridgehead atoms. The predicted octanol–water partition coefficient (Wildman–Crippen LogP) is 5.57. The molecule has 0 saturated carbocycles. The van der Waals surface area contributed by atoms with Gasteiger partial charge in [0, 0.05) is 6.04 Å². The molecular weight excluding hydrogens is 426 g/mol. The van der Waals surface area contributed by atoms with E-state index in [2.05, 4.69) is 64.6 Å². The Kier molecular flexibility index (Phi) is 6.14. The van der Waals surface area contributed by atoms with Gasteiger partial charge in [-0.2, -0.15) is 0 Å². The topological polar surface area (TPSA) is 74.7 Å². The van der Waals surface area contributed by atoms with E-state index in [0.29, 0.717) is 6.54 Å². The second-order valence-corrected chi connectivity index (χ2v) is 8.56. The number of carboxylic acids is 1. The Labute approximate surface area is 198 Å². The van der Waals surface area contributed by atoms with Crippen LogP contribution in [0.5, 0.6) is 5.75 Å². The normalized spacial score (nSPS) is 16.0. The van der Waals surface area contributed by atoms with Gasteiger partial charge in [-0.05, 0) is 60.5 Å². The zero-order chi connectivity index (χ0) is 23.5. The van der Waals surface area contributed by atoms with Gasteiger partial charge in [0.1, 0.15) is 17.5 Å². The molecular formula is C28H27N3O3. The number of aromatic carboxylic acids is 1. The fourth-order valence-electron chi connectivity index (χ4n) is 4.56. The average Bonchev–Trinajstić information content (AvgIpc) is 2.88. The minimum absolute atomic E-state index is 0.0127. The van der Waals surface area contributed by atoms with Gasteiger partial charge in [0.2, 0.25) is 0 Å². The van der Waals surface area contributed by atoms with Crippen LogP contribution in [0.4, 0.5) is 11.4 Å². The predicted molar refractivity (Wildman–Crippen MR) is 134 cm³/mol. The molecule has 0 spiro atoms. The molecule has 6 nitrogen and oxygen atoms in total.